The summed E-state index contributed by atoms with van der Waals surface area (Å²) in [7, 11) is 1.46. The number of hydrogen-bond acceptors (Lipinski definition) is 6. The average molecular weight is 495 g/mol. The average Bonchev–Trinajstić information content (AvgIpc) is 2.86. The molecule has 1 heterocycles. The molecule has 1 amide bonds. The number of benzene rings is 2. The first kappa shape index (κ1) is 26.3. The Bertz CT molecular complexity index is 957. The van der Waals surface area contributed by atoms with Gasteiger partial charge in [-0.25, -0.2) is 0 Å². The zero-order valence-electron chi connectivity index (χ0n) is 19.5. The molecule has 0 saturated carbocycles. The summed E-state index contributed by atoms with van der Waals surface area (Å²) in [5.41, 5.74) is 0.709. The summed E-state index contributed by atoms with van der Waals surface area (Å²) in [5.74, 6) is 1.14. The Hall–Kier alpha value is -3.27. The van der Waals surface area contributed by atoms with Crippen LogP contribution >= 0.6 is 0 Å². The summed E-state index contributed by atoms with van der Waals surface area (Å²) in [6.07, 6.45) is -2.13. The van der Waals surface area contributed by atoms with E-state index in [1.807, 2.05) is 12.1 Å². The third-order valence-corrected chi connectivity index (χ3v) is 5.49. The maximum atomic E-state index is 12.6. The van der Waals surface area contributed by atoms with E-state index in [1.54, 1.807) is 12.1 Å². The van der Waals surface area contributed by atoms with Crippen molar-refractivity contribution < 1.29 is 37.0 Å². The van der Waals surface area contributed by atoms with Crippen LogP contribution in [-0.2, 0) is 38.3 Å². The zero-order valence-corrected chi connectivity index (χ0v) is 19.5. The molecule has 0 bridgehead atoms. The fourth-order valence-electron chi connectivity index (χ4n) is 3.40. The molecule has 0 aliphatic carbocycles. The van der Waals surface area contributed by atoms with Gasteiger partial charge in [0.15, 0.2) is 6.61 Å². The van der Waals surface area contributed by atoms with Gasteiger partial charge in [0.2, 0.25) is 5.90 Å². The highest BCUT2D eigenvalue weighted by Crippen LogP contribution is 2.29. The monoisotopic (exact) mass is 494 g/mol. The summed E-state index contributed by atoms with van der Waals surface area (Å²) < 4.78 is 54.0. The van der Waals surface area contributed by atoms with E-state index in [2.05, 4.69) is 10.5 Å². The standard InChI is InChI=1S/C25H29F3N2O5/c1-32-24(30-35-16-20-2-6-21(7-3-20)25(26,27)28)14-18-4-8-22(9-5-18)34-17-23(31)29-15-19-10-12-33-13-11-19/h2-9,19H,10-17H2,1H3,(H,29,31). The van der Waals surface area contributed by atoms with Crippen LogP contribution in [0.2, 0.25) is 0 Å². The summed E-state index contributed by atoms with van der Waals surface area (Å²) >= 11 is 0. The molecule has 0 radical (unpaired) electrons. The van der Waals surface area contributed by atoms with E-state index in [9.17, 15) is 18.0 Å². The predicted octanol–water partition coefficient (Wildman–Crippen LogP) is 4.35. The molecule has 1 N–H and O–H groups in total. The molecule has 2 aromatic rings. The van der Waals surface area contributed by atoms with E-state index in [-0.39, 0.29) is 19.1 Å². The summed E-state index contributed by atoms with van der Waals surface area (Å²) in [6.45, 7) is 2.05. The summed E-state index contributed by atoms with van der Waals surface area (Å²) in [4.78, 5) is 17.2. The number of alkyl halides is 3. The van der Waals surface area contributed by atoms with Gasteiger partial charge in [-0.3, -0.25) is 4.79 Å². The minimum absolute atomic E-state index is 0.00830. The molecular formula is C25H29F3N2O5. The van der Waals surface area contributed by atoms with E-state index >= 15 is 0 Å². The van der Waals surface area contributed by atoms with Crippen molar-refractivity contribution in [2.24, 2.45) is 11.1 Å². The van der Waals surface area contributed by atoms with Gasteiger partial charge >= 0.3 is 6.18 Å². The van der Waals surface area contributed by atoms with E-state index in [1.165, 1.54) is 19.2 Å². The van der Waals surface area contributed by atoms with Gasteiger partial charge in [0.25, 0.3) is 5.91 Å². The van der Waals surface area contributed by atoms with Gasteiger partial charge in [0, 0.05) is 19.8 Å². The Morgan fingerprint density at radius 3 is 2.34 bits per heavy atom. The first-order valence-corrected chi connectivity index (χ1v) is 11.3. The highest BCUT2D eigenvalue weighted by molar-refractivity contribution is 5.78. The minimum atomic E-state index is -4.38. The molecule has 1 aliphatic rings. The van der Waals surface area contributed by atoms with Crippen molar-refractivity contribution in [2.45, 2.75) is 32.0 Å². The Morgan fingerprint density at radius 1 is 1.06 bits per heavy atom. The molecule has 7 nitrogen and oxygen atoms in total. The topological polar surface area (TPSA) is 78.4 Å². The van der Waals surface area contributed by atoms with E-state index in [4.69, 9.17) is 19.0 Å². The van der Waals surface area contributed by atoms with Crippen LogP contribution < -0.4 is 10.1 Å². The number of carbonyl (C=O) groups is 1. The predicted molar refractivity (Wildman–Crippen MR) is 123 cm³/mol. The van der Waals surface area contributed by atoms with Crippen LogP contribution in [-0.4, -0.2) is 45.3 Å². The molecule has 1 saturated heterocycles. The van der Waals surface area contributed by atoms with Crippen molar-refractivity contribution in [3.8, 4) is 5.75 Å². The molecule has 190 valence electrons. The second-order valence-electron chi connectivity index (χ2n) is 8.13. The molecule has 10 heteroatoms. The zero-order chi connectivity index (χ0) is 25.1. The van der Waals surface area contributed by atoms with Gasteiger partial charge in [-0.15, -0.1) is 0 Å². The van der Waals surface area contributed by atoms with Crippen molar-refractivity contribution in [2.75, 3.05) is 33.5 Å². The summed E-state index contributed by atoms with van der Waals surface area (Å²) in [6, 6.07) is 11.8. The number of halogens is 3. The normalized spacial score (nSPS) is 14.9. The molecular weight excluding hydrogens is 465 g/mol. The second kappa shape index (κ2) is 13.0. The van der Waals surface area contributed by atoms with Gasteiger partial charge in [-0.1, -0.05) is 29.4 Å². The number of rotatable bonds is 10. The van der Waals surface area contributed by atoms with Crippen LogP contribution in [0.15, 0.2) is 53.7 Å². The Labute approximate surface area is 202 Å². The minimum Gasteiger partial charge on any atom is -0.484 e. The van der Waals surface area contributed by atoms with Gasteiger partial charge < -0.3 is 24.4 Å². The number of carbonyl (C=O) groups excluding carboxylic acids is 1. The first-order chi connectivity index (χ1) is 16.8. The highest BCUT2D eigenvalue weighted by atomic mass is 19.4. The third-order valence-electron chi connectivity index (χ3n) is 5.49. The lowest BCUT2D eigenvalue weighted by atomic mass is 10.0. The summed E-state index contributed by atoms with van der Waals surface area (Å²) in [5, 5.41) is 6.82. The Kier molecular flexibility index (Phi) is 9.77. The fourth-order valence-corrected chi connectivity index (χ4v) is 3.40. The van der Waals surface area contributed by atoms with Crippen LogP contribution in [0, 0.1) is 5.92 Å². The molecule has 35 heavy (non-hydrogen) atoms. The lowest BCUT2D eigenvalue weighted by Gasteiger charge is -2.22. The van der Waals surface area contributed by atoms with Crippen LogP contribution in [0.1, 0.15) is 29.5 Å². The number of oxime groups is 1. The number of nitrogens with zero attached hydrogens (tertiary/aromatic N) is 1. The maximum absolute atomic E-state index is 12.6. The van der Waals surface area contributed by atoms with Gasteiger partial charge in [-0.2, -0.15) is 13.2 Å². The van der Waals surface area contributed by atoms with Crippen LogP contribution in [0.25, 0.3) is 0 Å². The van der Waals surface area contributed by atoms with Crippen LogP contribution in [0.3, 0.4) is 0 Å². The fraction of sp³-hybridized carbons (Fsp3) is 0.440. The first-order valence-electron chi connectivity index (χ1n) is 11.3. The lowest BCUT2D eigenvalue weighted by molar-refractivity contribution is -0.137. The van der Waals surface area contributed by atoms with Gasteiger partial charge in [0.05, 0.1) is 19.1 Å². The van der Waals surface area contributed by atoms with Crippen molar-refractivity contribution >= 4 is 11.8 Å². The number of amides is 1. The molecule has 1 fully saturated rings. The molecule has 3 rings (SSSR count). The molecule has 0 aromatic heterocycles. The number of methoxy groups -OCH3 is 1. The van der Waals surface area contributed by atoms with E-state index in [0.29, 0.717) is 36.1 Å². The lowest BCUT2D eigenvalue weighted by Crippen LogP contribution is -2.35. The van der Waals surface area contributed by atoms with Crippen molar-refractivity contribution in [1.82, 2.24) is 5.32 Å². The number of ether oxygens (including phenoxy) is 3. The Balaban J connectivity index is 1.40. The Morgan fingerprint density at radius 2 is 1.71 bits per heavy atom. The molecule has 0 unspecified atom stereocenters. The van der Waals surface area contributed by atoms with Crippen LogP contribution in [0.5, 0.6) is 5.75 Å². The van der Waals surface area contributed by atoms with E-state index in [0.717, 1.165) is 43.8 Å². The smallest absolute Gasteiger partial charge is 0.416 e. The molecule has 0 atom stereocenters. The van der Waals surface area contributed by atoms with E-state index < -0.39 is 11.7 Å². The van der Waals surface area contributed by atoms with Crippen molar-refractivity contribution in [3.63, 3.8) is 0 Å². The number of nitrogens with one attached hydrogen (secondary N) is 1. The number of hydrogen-bond donors (Lipinski definition) is 1. The van der Waals surface area contributed by atoms with Crippen molar-refractivity contribution in [3.05, 3.63) is 65.2 Å². The molecule has 2 aromatic carbocycles. The highest BCUT2D eigenvalue weighted by Gasteiger charge is 2.29. The quantitative estimate of drug-likeness (QED) is 0.302. The molecule has 1 aliphatic heterocycles. The van der Waals surface area contributed by atoms with Gasteiger partial charge in [-0.05, 0) is 54.2 Å². The largest absolute Gasteiger partial charge is 0.484 e. The van der Waals surface area contributed by atoms with Crippen molar-refractivity contribution in [1.29, 1.82) is 0 Å². The SMILES string of the molecule is COC(Cc1ccc(OCC(=O)NCC2CCOCC2)cc1)=NOCc1ccc(C(F)(F)F)cc1. The maximum Gasteiger partial charge on any atom is 0.416 e. The molecule has 0 spiro atoms. The van der Waals surface area contributed by atoms with Crippen LogP contribution in [0.4, 0.5) is 13.2 Å². The van der Waals surface area contributed by atoms with Gasteiger partial charge in [0.1, 0.15) is 12.4 Å². The second-order valence-corrected chi connectivity index (χ2v) is 8.13. The third kappa shape index (κ3) is 9.12.